The van der Waals surface area contributed by atoms with Crippen molar-refractivity contribution in [3.63, 3.8) is 0 Å². The molecule has 2 amide bonds. The number of hydrogen-bond donors (Lipinski definition) is 3. The predicted octanol–water partition coefficient (Wildman–Crippen LogP) is 1.36. The molecule has 0 heterocycles. The van der Waals surface area contributed by atoms with E-state index < -0.39 is 0 Å². The molecule has 0 atom stereocenters. The maximum Gasteiger partial charge on any atom is 0.262 e. The van der Waals surface area contributed by atoms with Crippen LogP contribution in [0.4, 0.5) is 5.69 Å². The Hall–Kier alpha value is -2.86. The number of carbonyl (C=O) groups is 2. The number of amides is 2. The lowest BCUT2D eigenvalue weighted by molar-refractivity contribution is -0.895. The quantitative estimate of drug-likeness (QED) is 0.591. The van der Waals surface area contributed by atoms with Gasteiger partial charge in [0.25, 0.3) is 11.8 Å². The van der Waals surface area contributed by atoms with Crippen LogP contribution < -0.4 is 20.3 Å². The number of rotatable bonds is 10. The second-order valence-corrected chi connectivity index (χ2v) is 6.19. The van der Waals surface area contributed by atoms with Gasteiger partial charge in [0.05, 0.1) is 26.2 Å². The van der Waals surface area contributed by atoms with Crippen LogP contribution in [-0.4, -0.2) is 44.6 Å². The lowest BCUT2D eigenvalue weighted by Crippen LogP contribution is -3.12. The first-order chi connectivity index (χ1) is 13.1. The number of carbonyl (C=O) groups excluding carboxylic acids is 2. The lowest BCUT2D eigenvalue weighted by Gasteiger charge is -2.15. The van der Waals surface area contributed by atoms with E-state index in [0.717, 1.165) is 19.6 Å². The fourth-order valence-electron chi connectivity index (χ4n) is 2.63. The zero-order valence-electron chi connectivity index (χ0n) is 16.0. The molecular weight excluding hydrogens is 342 g/mol. The summed E-state index contributed by atoms with van der Waals surface area (Å²) in [5, 5.41) is 5.68. The first-order valence-electron chi connectivity index (χ1n) is 9.32. The first kappa shape index (κ1) is 20.5. The molecule has 0 bridgehead atoms. The molecule has 144 valence electrons. The fraction of sp³-hybridized carbons (Fsp3) is 0.333. The Labute approximate surface area is 160 Å². The summed E-state index contributed by atoms with van der Waals surface area (Å²) >= 11 is 0. The Bertz CT molecular complexity index is 713. The number of anilines is 1. The largest absolute Gasteiger partial charge is 0.484 e. The van der Waals surface area contributed by atoms with E-state index >= 15 is 0 Å². The van der Waals surface area contributed by atoms with E-state index in [9.17, 15) is 9.59 Å². The fourth-order valence-corrected chi connectivity index (χ4v) is 2.63. The number of benzene rings is 2. The molecule has 3 N–H and O–H groups in total. The minimum Gasteiger partial charge on any atom is -0.484 e. The van der Waals surface area contributed by atoms with Gasteiger partial charge < -0.3 is 20.3 Å². The third kappa shape index (κ3) is 7.11. The lowest BCUT2D eigenvalue weighted by atomic mass is 10.2. The van der Waals surface area contributed by atoms with E-state index in [1.165, 1.54) is 4.90 Å². The summed E-state index contributed by atoms with van der Waals surface area (Å²) < 4.78 is 5.41. The van der Waals surface area contributed by atoms with Crippen LogP contribution in [0, 0.1) is 0 Å². The smallest absolute Gasteiger partial charge is 0.262 e. The number of likely N-dealkylation sites (N-methyl/N-ethyl adjacent to an activating group) is 1. The van der Waals surface area contributed by atoms with Crippen LogP contribution in [0.15, 0.2) is 54.6 Å². The zero-order valence-corrected chi connectivity index (χ0v) is 16.0. The molecule has 2 aromatic carbocycles. The van der Waals surface area contributed by atoms with Gasteiger partial charge in [-0.25, -0.2) is 0 Å². The van der Waals surface area contributed by atoms with Crippen LogP contribution in [-0.2, 0) is 4.79 Å². The second kappa shape index (κ2) is 11.0. The molecule has 0 aliphatic rings. The SMILES string of the molecule is CC[NH+](CC)CCNC(=O)c1ccc(NC(=O)COc2ccccc2)cc1. The molecule has 0 saturated carbocycles. The van der Waals surface area contributed by atoms with Crippen molar-refractivity contribution in [2.24, 2.45) is 0 Å². The minimum atomic E-state index is -0.252. The third-order valence-corrected chi connectivity index (χ3v) is 4.31. The van der Waals surface area contributed by atoms with E-state index in [2.05, 4.69) is 24.5 Å². The number of quaternary nitrogens is 1. The molecule has 6 nitrogen and oxygen atoms in total. The van der Waals surface area contributed by atoms with E-state index in [1.807, 2.05) is 18.2 Å². The maximum absolute atomic E-state index is 12.2. The highest BCUT2D eigenvalue weighted by molar-refractivity contribution is 5.96. The first-order valence-corrected chi connectivity index (χ1v) is 9.32. The number of nitrogens with one attached hydrogen (secondary N) is 3. The standard InChI is InChI=1S/C21H27N3O3/c1-3-24(4-2)15-14-22-21(26)17-10-12-18(13-11-17)23-20(25)16-27-19-8-6-5-7-9-19/h5-13H,3-4,14-16H2,1-2H3,(H,22,26)(H,23,25)/p+1. The Morgan fingerprint density at radius 2 is 1.63 bits per heavy atom. The molecule has 0 aromatic heterocycles. The average Bonchev–Trinajstić information content (AvgIpc) is 2.71. The highest BCUT2D eigenvalue weighted by Gasteiger charge is 2.08. The van der Waals surface area contributed by atoms with Crippen molar-refractivity contribution < 1.29 is 19.2 Å². The molecule has 0 aliphatic heterocycles. The van der Waals surface area contributed by atoms with E-state index in [4.69, 9.17) is 4.74 Å². The Kier molecular flexibility index (Phi) is 8.32. The molecule has 6 heteroatoms. The normalized spacial score (nSPS) is 10.5. The zero-order chi connectivity index (χ0) is 19.5. The van der Waals surface area contributed by atoms with Gasteiger partial charge in [-0.2, -0.15) is 0 Å². The van der Waals surface area contributed by atoms with Gasteiger partial charge in [0.2, 0.25) is 0 Å². The molecular formula is C21H28N3O3+. The number of para-hydroxylation sites is 1. The van der Waals surface area contributed by atoms with Crippen molar-refractivity contribution >= 4 is 17.5 Å². The molecule has 0 saturated heterocycles. The summed E-state index contributed by atoms with van der Waals surface area (Å²) in [7, 11) is 0. The van der Waals surface area contributed by atoms with Crippen LogP contribution in [0.25, 0.3) is 0 Å². The molecule has 0 spiro atoms. The van der Waals surface area contributed by atoms with Crippen molar-refractivity contribution in [3.8, 4) is 5.75 Å². The van der Waals surface area contributed by atoms with Crippen molar-refractivity contribution in [1.29, 1.82) is 0 Å². The van der Waals surface area contributed by atoms with Gasteiger partial charge in [-0.15, -0.1) is 0 Å². The highest BCUT2D eigenvalue weighted by Crippen LogP contribution is 2.11. The molecule has 2 aromatic rings. The van der Waals surface area contributed by atoms with Crippen molar-refractivity contribution in [3.05, 3.63) is 60.2 Å². The molecule has 0 radical (unpaired) electrons. The van der Waals surface area contributed by atoms with Gasteiger partial charge in [0.15, 0.2) is 6.61 Å². The van der Waals surface area contributed by atoms with Gasteiger partial charge in [-0.05, 0) is 50.2 Å². The summed E-state index contributed by atoms with van der Waals surface area (Å²) in [6.07, 6.45) is 0. The van der Waals surface area contributed by atoms with E-state index in [-0.39, 0.29) is 18.4 Å². The van der Waals surface area contributed by atoms with E-state index in [1.54, 1.807) is 36.4 Å². The van der Waals surface area contributed by atoms with Crippen LogP contribution >= 0.6 is 0 Å². The van der Waals surface area contributed by atoms with Crippen molar-refractivity contribution in [2.45, 2.75) is 13.8 Å². The van der Waals surface area contributed by atoms with Gasteiger partial charge in [0.1, 0.15) is 5.75 Å². The minimum absolute atomic E-state index is 0.0695. The van der Waals surface area contributed by atoms with Gasteiger partial charge in [0, 0.05) is 11.3 Å². The molecule has 0 aliphatic carbocycles. The van der Waals surface area contributed by atoms with Gasteiger partial charge in [-0.1, -0.05) is 18.2 Å². The van der Waals surface area contributed by atoms with Crippen LogP contribution in [0.2, 0.25) is 0 Å². The van der Waals surface area contributed by atoms with Crippen molar-refractivity contribution in [1.82, 2.24) is 5.32 Å². The van der Waals surface area contributed by atoms with Gasteiger partial charge >= 0.3 is 0 Å². The summed E-state index contributed by atoms with van der Waals surface area (Å²) in [6, 6.07) is 16.0. The second-order valence-electron chi connectivity index (χ2n) is 6.19. The Morgan fingerprint density at radius 1 is 0.963 bits per heavy atom. The highest BCUT2D eigenvalue weighted by atomic mass is 16.5. The molecule has 2 rings (SSSR count). The average molecular weight is 370 g/mol. The molecule has 27 heavy (non-hydrogen) atoms. The van der Waals surface area contributed by atoms with Crippen LogP contribution in [0.5, 0.6) is 5.75 Å². The van der Waals surface area contributed by atoms with E-state index in [0.29, 0.717) is 23.5 Å². The number of ether oxygens (including phenoxy) is 1. The monoisotopic (exact) mass is 370 g/mol. The topological polar surface area (TPSA) is 71.9 Å². The predicted molar refractivity (Wildman–Crippen MR) is 106 cm³/mol. The van der Waals surface area contributed by atoms with Crippen LogP contribution in [0.1, 0.15) is 24.2 Å². The van der Waals surface area contributed by atoms with Gasteiger partial charge in [-0.3, -0.25) is 9.59 Å². The maximum atomic E-state index is 12.2. The Balaban J connectivity index is 1.76. The Morgan fingerprint density at radius 3 is 2.26 bits per heavy atom. The summed E-state index contributed by atoms with van der Waals surface area (Å²) in [6.45, 7) is 7.86. The van der Waals surface area contributed by atoms with Crippen molar-refractivity contribution in [2.75, 3.05) is 38.1 Å². The number of hydrogen-bond acceptors (Lipinski definition) is 3. The molecule has 0 fully saturated rings. The third-order valence-electron chi connectivity index (χ3n) is 4.31. The summed E-state index contributed by atoms with van der Waals surface area (Å²) in [5.41, 5.74) is 1.20. The summed E-state index contributed by atoms with van der Waals surface area (Å²) in [5.74, 6) is 0.288. The van der Waals surface area contributed by atoms with Crippen LogP contribution in [0.3, 0.4) is 0 Å². The summed E-state index contributed by atoms with van der Waals surface area (Å²) in [4.78, 5) is 25.6. The molecule has 0 unspecified atom stereocenters.